The van der Waals surface area contributed by atoms with Crippen molar-refractivity contribution in [3.05, 3.63) is 132 Å². The van der Waals surface area contributed by atoms with Gasteiger partial charge in [0, 0.05) is 41.8 Å². The van der Waals surface area contributed by atoms with Crippen molar-refractivity contribution in [2.75, 3.05) is 14.2 Å². The van der Waals surface area contributed by atoms with Gasteiger partial charge in [0.2, 0.25) is 0 Å². The molecule has 0 atom stereocenters. The lowest BCUT2D eigenvalue weighted by molar-refractivity contribution is -0.254. The summed E-state index contributed by atoms with van der Waals surface area (Å²) in [7, 11) is 2.99. The average Bonchev–Trinajstić information content (AvgIpc) is 3.78. The summed E-state index contributed by atoms with van der Waals surface area (Å²) < 4.78 is 107. The van der Waals surface area contributed by atoms with Crippen LogP contribution in [0.2, 0.25) is 0 Å². The summed E-state index contributed by atoms with van der Waals surface area (Å²) in [6, 6.07) is 32.8. The second-order valence-corrected chi connectivity index (χ2v) is 13.5. The van der Waals surface area contributed by atoms with Crippen LogP contribution in [-0.2, 0) is 0 Å². The van der Waals surface area contributed by atoms with E-state index in [-0.39, 0.29) is 20.9 Å². The third-order valence-corrected chi connectivity index (χ3v) is 11.0. The number of thiophene rings is 2. The minimum absolute atomic E-state index is 0.166. The van der Waals surface area contributed by atoms with Crippen molar-refractivity contribution in [1.82, 2.24) is 0 Å². The third kappa shape index (κ3) is 5.34. The first-order valence-electron chi connectivity index (χ1n) is 15.0. The topological polar surface area (TPSA) is 18.5 Å². The zero-order valence-electron chi connectivity index (χ0n) is 25.9. The van der Waals surface area contributed by atoms with Crippen LogP contribution in [0.1, 0.15) is 11.1 Å². The Morgan fingerprint density at radius 1 is 0.449 bits per heavy atom. The Hall–Kier alpha value is -4.80. The Morgan fingerprint density at radius 2 is 0.796 bits per heavy atom. The maximum Gasteiger partial charge on any atom is 0.380 e. The van der Waals surface area contributed by atoms with Crippen LogP contribution in [0.3, 0.4) is 0 Å². The lowest BCUT2D eigenvalue weighted by Crippen LogP contribution is -2.48. The quantitative estimate of drug-likeness (QED) is 0.147. The van der Waals surface area contributed by atoms with Gasteiger partial charge in [0.15, 0.2) is 0 Å². The molecule has 1 aliphatic carbocycles. The van der Waals surface area contributed by atoms with Crippen molar-refractivity contribution >= 4 is 33.8 Å². The van der Waals surface area contributed by atoms with E-state index in [1.165, 1.54) is 26.4 Å². The van der Waals surface area contributed by atoms with E-state index in [4.69, 9.17) is 9.47 Å². The molecular weight excluding hydrogens is 679 g/mol. The van der Waals surface area contributed by atoms with Gasteiger partial charge in [0.25, 0.3) is 0 Å². The summed E-state index contributed by atoms with van der Waals surface area (Å²) in [4.78, 5) is 1.20. The monoisotopic (exact) mass is 704 g/mol. The molecule has 2 heterocycles. The number of rotatable bonds is 8. The number of benzene rings is 4. The number of alkyl halides is 6. The fraction of sp³-hybridized carbons (Fsp3) is 0.128. The van der Waals surface area contributed by atoms with Gasteiger partial charge < -0.3 is 9.47 Å². The molecular formula is C39H26F6O2S2. The standard InChI is InChI=1S/C39H26F6O2S2/c1-46-27-17-13-23(14-18-27)31-21-29(35(48-31)25-9-5-3-6-10-25)33-34(38(42,43)39(44,45)37(33,40)41)30-22-32(24-15-19-28(47-2)20-16-24)49-36(30)26-11-7-4-8-12-26/h3-22H,1-2H3. The van der Waals surface area contributed by atoms with Crippen LogP contribution in [0.4, 0.5) is 26.3 Å². The van der Waals surface area contributed by atoms with E-state index < -0.39 is 28.9 Å². The molecule has 0 aliphatic heterocycles. The normalized spacial score (nSPS) is 16.2. The van der Waals surface area contributed by atoms with Crippen molar-refractivity contribution in [2.45, 2.75) is 17.8 Å². The highest BCUT2D eigenvalue weighted by atomic mass is 32.1. The largest absolute Gasteiger partial charge is 0.497 e. The van der Waals surface area contributed by atoms with Gasteiger partial charge in [0.05, 0.1) is 14.2 Å². The molecule has 0 saturated heterocycles. The summed E-state index contributed by atoms with van der Waals surface area (Å²) in [6.45, 7) is 0. The zero-order chi connectivity index (χ0) is 34.6. The highest BCUT2D eigenvalue weighted by Crippen LogP contribution is 2.67. The summed E-state index contributed by atoms with van der Waals surface area (Å²) in [5.41, 5.74) is -1.53. The van der Waals surface area contributed by atoms with Crippen molar-refractivity contribution in [2.24, 2.45) is 0 Å². The molecule has 49 heavy (non-hydrogen) atoms. The average molecular weight is 705 g/mol. The van der Waals surface area contributed by atoms with E-state index in [0.29, 0.717) is 43.5 Å². The van der Waals surface area contributed by atoms with Crippen molar-refractivity contribution in [3.8, 4) is 53.3 Å². The minimum atomic E-state index is -5.73. The van der Waals surface area contributed by atoms with Gasteiger partial charge in [-0.2, -0.15) is 26.3 Å². The highest BCUT2D eigenvalue weighted by molar-refractivity contribution is 7.19. The fourth-order valence-electron chi connectivity index (χ4n) is 5.99. The molecule has 10 heteroatoms. The summed E-state index contributed by atoms with van der Waals surface area (Å²) in [5, 5.41) is 0. The lowest BCUT2D eigenvalue weighted by Gasteiger charge is -2.26. The van der Waals surface area contributed by atoms with Gasteiger partial charge in [-0.05, 0) is 82.9 Å². The lowest BCUT2D eigenvalue weighted by atomic mass is 9.92. The molecule has 2 aromatic heterocycles. The molecule has 0 amide bonds. The molecule has 0 spiro atoms. The molecule has 0 fully saturated rings. The first kappa shape index (κ1) is 32.7. The van der Waals surface area contributed by atoms with Gasteiger partial charge in [-0.15, -0.1) is 22.7 Å². The van der Waals surface area contributed by atoms with Gasteiger partial charge in [0.1, 0.15) is 11.5 Å². The van der Waals surface area contributed by atoms with Gasteiger partial charge in [-0.3, -0.25) is 0 Å². The van der Waals surface area contributed by atoms with Crippen LogP contribution in [0.5, 0.6) is 11.5 Å². The molecule has 0 saturated carbocycles. The van der Waals surface area contributed by atoms with E-state index in [2.05, 4.69) is 0 Å². The molecule has 1 aliphatic rings. The molecule has 4 aromatic carbocycles. The third-order valence-electron chi connectivity index (χ3n) is 8.49. The number of halogens is 6. The predicted molar refractivity (Wildman–Crippen MR) is 185 cm³/mol. The Labute approximate surface area is 286 Å². The maximum atomic E-state index is 16.3. The fourth-order valence-corrected chi connectivity index (χ4v) is 8.34. The molecule has 0 N–H and O–H groups in total. The Kier molecular flexibility index (Phi) is 8.19. The van der Waals surface area contributed by atoms with Crippen molar-refractivity contribution in [1.29, 1.82) is 0 Å². The first-order valence-corrected chi connectivity index (χ1v) is 16.7. The number of hydrogen-bond acceptors (Lipinski definition) is 4. The minimum Gasteiger partial charge on any atom is -0.497 e. The van der Waals surface area contributed by atoms with Crippen LogP contribution in [-0.4, -0.2) is 32.0 Å². The number of ether oxygens (including phenoxy) is 2. The van der Waals surface area contributed by atoms with Crippen LogP contribution < -0.4 is 9.47 Å². The van der Waals surface area contributed by atoms with Gasteiger partial charge in [-0.1, -0.05) is 60.7 Å². The molecule has 6 aromatic rings. The summed E-state index contributed by atoms with van der Waals surface area (Å²) in [5.74, 6) is -15.1. The van der Waals surface area contributed by atoms with Crippen LogP contribution in [0.15, 0.2) is 121 Å². The molecule has 0 radical (unpaired) electrons. The molecule has 0 bridgehead atoms. The van der Waals surface area contributed by atoms with Crippen LogP contribution in [0.25, 0.3) is 52.9 Å². The van der Waals surface area contributed by atoms with Gasteiger partial charge in [-0.25, -0.2) is 0 Å². The molecule has 248 valence electrons. The van der Waals surface area contributed by atoms with E-state index in [9.17, 15) is 0 Å². The highest BCUT2D eigenvalue weighted by Gasteiger charge is 2.80. The summed E-state index contributed by atoms with van der Waals surface area (Å²) >= 11 is 2.13. The van der Waals surface area contributed by atoms with Crippen LogP contribution >= 0.6 is 22.7 Å². The predicted octanol–water partition coefficient (Wildman–Crippen LogP) is 12.3. The number of methoxy groups -OCH3 is 2. The van der Waals surface area contributed by atoms with Crippen molar-refractivity contribution in [3.63, 3.8) is 0 Å². The van der Waals surface area contributed by atoms with E-state index in [1.807, 2.05) is 0 Å². The molecule has 0 unspecified atom stereocenters. The molecule has 2 nitrogen and oxygen atoms in total. The van der Waals surface area contributed by atoms with E-state index in [1.54, 1.807) is 109 Å². The Bertz CT molecular complexity index is 2000. The Morgan fingerprint density at radius 3 is 1.12 bits per heavy atom. The van der Waals surface area contributed by atoms with Crippen LogP contribution in [0, 0.1) is 0 Å². The summed E-state index contributed by atoms with van der Waals surface area (Å²) in [6.07, 6.45) is 0. The van der Waals surface area contributed by atoms with Crippen molar-refractivity contribution < 1.29 is 35.8 Å². The van der Waals surface area contributed by atoms with Gasteiger partial charge >= 0.3 is 17.8 Å². The zero-order valence-corrected chi connectivity index (χ0v) is 27.6. The first-order chi connectivity index (χ1) is 23.5. The number of hydrogen-bond donors (Lipinski definition) is 0. The second-order valence-electron chi connectivity index (χ2n) is 11.4. The Balaban J connectivity index is 1.56. The van der Waals surface area contributed by atoms with E-state index >= 15 is 26.3 Å². The molecule has 7 rings (SSSR count). The maximum absolute atomic E-state index is 16.3. The smallest absolute Gasteiger partial charge is 0.380 e. The second kappa shape index (κ2) is 12.3. The van der Waals surface area contributed by atoms with E-state index in [0.717, 1.165) is 22.7 Å². The SMILES string of the molecule is COc1ccc(-c2cc(C3=C(c4cc(-c5ccc(OC)cc5)sc4-c4ccccc4)C(F)(F)C(F)(F)C3(F)F)c(-c3ccccc3)s2)cc1. The number of allylic oxidation sites excluding steroid dienone is 2.